The molecule has 30 heavy (non-hydrogen) atoms. The fraction of sp³-hybridized carbons (Fsp3) is 0.368. The normalized spacial score (nSPS) is 25.6. The first-order valence-electron chi connectivity index (χ1n) is 8.95. The summed E-state index contributed by atoms with van der Waals surface area (Å²) >= 11 is 6.60. The molecule has 11 heteroatoms. The van der Waals surface area contributed by atoms with Crippen LogP contribution in [-0.4, -0.2) is 32.1 Å². The summed E-state index contributed by atoms with van der Waals surface area (Å²) in [5.74, 6) is -0.342. The largest absolute Gasteiger partial charge is 0.508 e. The zero-order valence-corrected chi connectivity index (χ0v) is 19.1. The third-order valence-electron chi connectivity index (χ3n) is 5.62. The van der Waals surface area contributed by atoms with E-state index in [0.717, 1.165) is 0 Å². The Hall–Kier alpha value is -2.24. The molecule has 2 aromatic rings. The Labute approximate surface area is 188 Å². The van der Waals surface area contributed by atoms with Gasteiger partial charge in [0.25, 0.3) is 0 Å². The highest BCUT2D eigenvalue weighted by Gasteiger charge is 2.63. The third kappa shape index (κ3) is 3.88. The van der Waals surface area contributed by atoms with Gasteiger partial charge in [0.1, 0.15) is 29.0 Å². The topological polar surface area (TPSA) is 139 Å². The molecule has 9 nitrogen and oxygen atoms in total. The number of aromatic hydroxyl groups is 2. The molecule has 2 aromatic carbocycles. The van der Waals surface area contributed by atoms with Crippen LogP contribution < -0.4 is 5.32 Å². The second kappa shape index (κ2) is 8.12. The Balaban J connectivity index is 2.25. The predicted molar refractivity (Wildman–Crippen MR) is 116 cm³/mol. The van der Waals surface area contributed by atoms with Crippen LogP contribution in [0.15, 0.2) is 45.3 Å². The van der Waals surface area contributed by atoms with Crippen molar-refractivity contribution >= 4 is 31.9 Å². The number of nitro groups is 2. The zero-order chi connectivity index (χ0) is 22.4. The number of nitrogens with one attached hydrogen (secondary N) is 1. The molecule has 3 rings (SSSR count). The van der Waals surface area contributed by atoms with Crippen LogP contribution in [0, 0.1) is 25.6 Å². The van der Waals surface area contributed by atoms with Crippen molar-refractivity contribution in [2.45, 2.75) is 38.0 Å². The fourth-order valence-corrected chi connectivity index (χ4v) is 5.02. The maximum absolute atomic E-state index is 12.1. The highest BCUT2D eigenvalue weighted by molar-refractivity contribution is 9.10. The predicted octanol–water partition coefficient (Wildman–Crippen LogP) is 4.33. The number of piperidine rings is 1. The number of benzene rings is 2. The highest BCUT2D eigenvalue weighted by atomic mass is 79.9. The molecule has 1 saturated heterocycles. The van der Waals surface area contributed by atoms with Gasteiger partial charge in [-0.05, 0) is 50.2 Å². The van der Waals surface area contributed by atoms with Crippen LogP contribution in [0.25, 0.3) is 0 Å². The summed E-state index contributed by atoms with van der Waals surface area (Å²) in [5, 5.41) is 48.0. The van der Waals surface area contributed by atoms with Crippen LogP contribution in [0.3, 0.4) is 0 Å². The van der Waals surface area contributed by atoms with Gasteiger partial charge in [-0.1, -0.05) is 31.9 Å². The van der Waals surface area contributed by atoms with E-state index in [1.807, 2.05) is 0 Å². The van der Waals surface area contributed by atoms with Crippen molar-refractivity contribution in [2.24, 2.45) is 5.41 Å². The van der Waals surface area contributed by atoms with Gasteiger partial charge in [-0.25, -0.2) is 0 Å². The number of phenols is 2. The van der Waals surface area contributed by atoms with E-state index in [1.165, 1.54) is 26.0 Å². The van der Waals surface area contributed by atoms with E-state index in [9.17, 15) is 30.4 Å². The lowest BCUT2D eigenvalue weighted by Crippen LogP contribution is -2.63. The Kier molecular flexibility index (Phi) is 6.08. The maximum Gasteiger partial charge on any atom is 0.244 e. The Bertz CT molecular complexity index is 938. The number of nitrogens with zero attached hydrogens (tertiary/aromatic N) is 2. The molecule has 0 unspecified atom stereocenters. The lowest BCUT2D eigenvalue weighted by molar-refractivity contribution is -0.605. The Morgan fingerprint density at radius 1 is 0.867 bits per heavy atom. The van der Waals surface area contributed by atoms with E-state index in [0.29, 0.717) is 8.95 Å². The van der Waals surface area contributed by atoms with E-state index in [2.05, 4.69) is 37.2 Å². The van der Waals surface area contributed by atoms with E-state index in [-0.39, 0.29) is 22.6 Å². The molecule has 1 aliphatic rings. The SMILES string of the molecule is CC1(C)[C@@H]([N+](=O)[O-])[C@H](c2cc(Br)ccc2O)N[C@@H](c2cc(Br)ccc2O)[C@H]1[N+](=O)[O-]. The first-order valence-corrected chi connectivity index (χ1v) is 10.5. The quantitative estimate of drug-likeness (QED) is 0.384. The van der Waals surface area contributed by atoms with Crippen molar-refractivity contribution in [2.75, 3.05) is 0 Å². The van der Waals surface area contributed by atoms with E-state index < -0.39 is 39.4 Å². The molecule has 1 fully saturated rings. The molecule has 0 aromatic heterocycles. The van der Waals surface area contributed by atoms with Crippen LogP contribution in [0.1, 0.15) is 37.1 Å². The molecule has 0 amide bonds. The smallest absolute Gasteiger partial charge is 0.244 e. The van der Waals surface area contributed by atoms with Crippen molar-refractivity contribution in [3.05, 3.63) is 76.7 Å². The number of hydrogen-bond donors (Lipinski definition) is 3. The Morgan fingerprint density at radius 3 is 1.57 bits per heavy atom. The molecule has 0 saturated carbocycles. The summed E-state index contributed by atoms with van der Waals surface area (Å²) in [6.07, 6.45) is 0. The summed E-state index contributed by atoms with van der Waals surface area (Å²) < 4.78 is 1.19. The molecule has 1 heterocycles. The Morgan fingerprint density at radius 2 is 1.23 bits per heavy atom. The van der Waals surface area contributed by atoms with Gasteiger partial charge in [0, 0.05) is 29.9 Å². The summed E-state index contributed by atoms with van der Waals surface area (Å²) in [6, 6.07) is 4.13. The zero-order valence-electron chi connectivity index (χ0n) is 16.0. The average Bonchev–Trinajstić information content (AvgIpc) is 2.63. The lowest BCUT2D eigenvalue weighted by Gasteiger charge is -2.44. The van der Waals surface area contributed by atoms with Crippen molar-refractivity contribution in [3.8, 4) is 11.5 Å². The van der Waals surface area contributed by atoms with Gasteiger partial charge in [-0.3, -0.25) is 25.5 Å². The molecule has 4 atom stereocenters. The van der Waals surface area contributed by atoms with Crippen molar-refractivity contribution < 1.29 is 20.1 Å². The first kappa shape index (κ1) is 22.4. The van der Waals surface area contributed by atoms with Gasteiger partial charge in [-0.2, -0.15) is 0 Å². The second-order valence-electron chi connectivity index (χ2n) is 7.81. The van der Waals surface area contributed by atoms with E-state index in [1.54, 1.807) is 24.3 Å². The van der Waals surface area contributed by atoms with Crippen LogP contribution in [-0.2, 0) is 0 Å². The fourth-order valence-electron chi connectivity index (χ4n) is 4.27. The van der Waals surface area contributed by atoms with Crippen molar-refractivity contribution in [3.63, 3.8) is 0 Å². The molecular formula is C19H19Br2N3O6. The number of hydrogen-bond acceptors (Lipinski definition) is 7. The van der Waals surface area contributed by atoms with Gasteiger partial charge >= 0.3 is 0 Å². The van der Waals surface area contributed by atoms with Crippen LogP contribution in [0.5, 0.6) is 11.5 Å². The second-order valence-corrected chi connectivity index (χ2v) is 9.64. The van der Waals surface area contributed by atoms with Gasteiger partial charge < -0.3 is 10.2 Å². The molecule has 0 aliphatic carbocycles. The lowest BCUT2D eigenvalue weighted by atomic mass is 9.66. The average molecular weight is 545 g/mol. The summed E-state index contributed by atoms with van der Waals surface area (Å²) in [7, 11) is 0. The molecular weight excluding hydrogens is 526 g/mol. The van der Waals surface area contributed by atoms with Crippen LogP contribution in [0.4, 0.5) is 0 Å². The number of phenolic OH excluding ortho intramolecular Hbond substituents is 2. The van der Waals surface area contributed by atoms with Gasteiger partial charge in [0.15, 0.2) is 0 Å². The van der Waals surface area contributed by atoms with Gasteiger partial charge in [0.2, 0.25) is 12.1 Å². The van der Waals surface area contributed by atoms with E-state index in [4.69, 9.17) is 0 Å². The molecule has 0 radical (unpaired) electrons. The maximum atomic E-state index is 12.1. The van der Waals surface area contributed by atoms with Gasteiger partial charge in [-0.15, -0.1) is 0 Å². The minimum absolute atomic E-state index is 0.171. The standard InChI is InChI=1S/C19H19Br2N3O6/c1-19(2)17(23(27)28)15(11-7-9(20)3-5-13(11)25)22-16(18(19)24(29)30)12-8-10(21)4-6-14(12)26/h3-8,15-18,22,25-26H,1-2H3/t15-,16-,17-,18+/m0/s1. The van der Waals surface area contributed by atoms with Crippen molar-refractivity contribution in [1.29, 1.82) is 0 Å². The third-order valence-corrected chi connectivity index (χ3v) is 6.61. The minimum atomic E-state index is -1.43. The molecule has 160 valence electrons. The van der Waals surface area contributed by atoms with E-state index >= 15 is 0 Å². The first-order chi connectivity index (χ1) is 13.9. The molecule has 1 aliphatic heterocycles. The van der Waals surface area contributed by atoms with Crippen LogP contribution in [0.2, 0.25) is 0 Å². The molecule has 3 N–H and O–H groups in total. The molecule has 0 bridgehead atoms. The minimum Gasteiger partial charge on any atom is -0.508 e. The summed E-state index contributed by atoms with van der Waals surface area (Å²) in [5.41, 5.74) is -0.960. The monoisotopic (exact) mass is 543 g/mol. The number of halogens is 2. The van der Waals surface area contributed by atoms with Crippen LogP contribution >= 0.6 is 31.9 Å². The molecule has 0 spiro atoms. The van der Waals surface area contributed by atoms with Gasteiger partial charge in [0.05, 0.1) is 0 Å². The highest BCUT2D eigenvalue weighted by Crippen LogP contribution is 2.49. The van der Waals surface area contributed by atoms with Crippen molar-refractivity contribution in [1.82, 2.24) is 5.32 Å². The number of rotatable bonds is 4. The summed E-state index contributed by atoms with van der Waals surface area (Å²) in [4.78, 5) is 23.0. The summed E-state index contributed by atoms with van der Waals surface area (Å²) in [6.45, 7) is 2.94.